The van der Waals surface area contributed by atoms with Crippen molar-refractivity contribution in [2.75, 3.05) is 13.2 Å². The number of hydrogen-bond donors (Lipinski definition) is 0. The van der Waals surface area contributed by atoms with Crippen LogP contribution >= 0.6 is 0 Å². The summed E-state index contributed by atoms with van der Waals surface area (Å²) in [6.45, 7) is 12.7. The quantitative estimate of drug-likeness (QED) is 0.482. The lowest BCUT2D eigenvalue weighted by Crippen LogP contribution is -2.39. The van der Waals surface area contributed by atoms with Gasteiger partial charge in [0.1, 0.15) is 0 Å². The highest BCUT2D eigenvalue weighted by molar-refractivity contribution is 6.61. The average molecular weight is 309 g/mol. The van der Waals surface area contributed by atoms with Gasteiger partial charge in [-0.1, -0.05) is 45.7 Å². The summed E-state index contributed by atoms with van der Waals surface area (Å²) in [5.41, 5.74) is 4.22. The van der Waals surface area contributed by atoms with Crippen LogP contribution in [0.2, 0.25) is 0 Å². The summed E-state index contributed by atoms with van der Waals surface area (Å²) in [5.74, 6) is 0. The van der Waals surface area contributed by atoms with E-state index in [2.05, 4.69) is 46.8 Å². The fourth-order valence-electron chi connectivity index (χ4n) is 2.43. The van der Waals surface area contributed by atoms with Crippen LogP contribution in [-0.2, 0) is 15.3 Å². The molecule has 1 rings (SSSR count). The van der Waals surface area contributed by atoms with Crippen LogP contribution in [0.4, 0.5) is 0 Å². The third-order valence-electron chi connectivity index (χ3n) is 4.11. The van der Waals surface area contributed by atoms with E-state index in [1.165, 1.54) is 34.7 Å². The molecule has 120 valence electrons. The number of unbranched alkanes of at least 4 members (excludes halogenated alkanes) is 2. The zero-order chi connectivity index (χ0) is 15.7. The molecule has 0 aromatic heterocycles. The second kappa shape index (κ2) is 10.1. The van der Waals surface area contributed by atoms with Gasteiger partial charge in [-0.15, -0.1) is 0 Å². The lowest BCUT2D eigenvalue weighted by atomic mass is 10.0. The summed E-state index contributed by atoms with van der Waals surface area (Å²) in [7, 11) is -1.75. The minimum Gasteiger partial charge on any atom is -0.393 e. The Bertz CT molecular complexity index is 408. The molecule has 0 aliphatic rings. The van der Waals surface area contributed by atoms with E-state index >= 15 is 0 Å². The van der Waals surface area contributed by atoms with Gasteiger partial charge in [-0.3, -0.25) is 0 Å². The van der Waals surface area contributed by atoms with Crippen molar-refractivity contribution in [3.05, 3.63) is 28.8 Å². The normalized spacial score (nSPS) is 11.3. The van der Waals surface area contributed by atoms with Gasteiger partial charge < -0.3 is 8.85 Å². The van der Waals surface area contributed by atoms with Crippen LogP contribution < -0.4 is 5.19 Å². The van der Waals surface area contributed by atoms with Crippen LogP contribution in [0, 0.1) is 13.8 Å². The highest BCUT2D eigenvalue weighted by Crippen LogP contribution is 2.13. The van der Waals surface area contributed by atoms with Gasteiger partial charge in [0, 0.05) is 13.2 Å². The molecule has 0 heterocycles. The molecule has 0 radical (unpaired) electrons. The Balaban J connectivity index is 2.87. The van der Waals surface area contributed by atoms with Gasteiger partial charge in [0.05, 0.1) is 0 Å². The van der Waals surface area contributed by atoms with E-state index < -0.39 is 9.28 Å². The second-order valence-corrected chi connectivity index (χ2v) is 7.65. The van der Waals surface area contributed by atoms with Gasteiger partial charge in [0.15, 0.2) is 0 Å². The SMILES string of the molecule is CCCCO[SiH](OCCCC)c1ccc(CC)c(C)c1C. The molecule has 0 aliphatic heterocycles. The Hall–Kier alpha value is -0.643. The third kappa shape index (κ3) is 5.57. The van der Waals surface area contributed by atoms with Crippen molar-refractivity contribution in [1.82, 2.24) is 0 Å². The van der Waals surface area contributed by atoms with Gasteiger partial charge in [-0.25, -0.2) is 0 Å². The molecule has 1 aromatic carbocycles. The van der Waals surface area contributed by atoms with E-state index in [1.807, 2.05) is 0 Å². The first-order valence-electron chi connectivity index (χ1n) is 8.47. The minimum atomic E-state index is -1.75. The Morgan fingerprint density at radius 3 is 1.90 bits per heavy atom. The maximum Gasteiger partial charge on any atom is 0.356 e. The number of hydrogen-bond acceptors (Lipinski definition) is 2. The fraction of sp³-hybridized carbons (Fsp3) is 0.667. The van der Waals surface area contributed by atoms with Crippen molar-refractivity contribution >= 4 is 14.5 Å². The summed E-state index contributed by atoms with van der Waals surface area (Å²) in [6.07, 6.45) is 5.66. The number of aryl methyl sites for hydroxylation is 1. The molecule has 0 amide bonds. The van der Waals surface area contributed by atoms with E-state index in [0.29, 0.717) is 0 Å². The van der Waals surface area contributed by atoms with Crippen molar-refractivity contribution in [1.29, 1.82) is 0 Å². The molecule has 0 unspecified atom stereocenters. The van der Waals surface area contributed by atoms with Crippen LogP contribution in [0.3, 0.4) is 0 Å². The molecule has 0 saturated carbocycles. The van der Waals surface area contributed by atoms with Crippen LogP contribution in [0.25, 0.3) is 0 Å². The highest BCUT2D eigenvalue weighted by atomic mass is 28.3. The van der Waals surface area contributed by atoms with E-state index in [-0.39, 0.29) is 0 Å². The topological polar surface area (TPSA) is 18.5 Å². The summed E-state index contributed by atoms with van der Waals surface area (Å²) in [6, 6.07) is 4.50. The summed E-state index contributed by atoms with van der Waals surface area (Å²) >= 11 is 0. The van der Waals surface area contributed by atoms with Crippen molar-refractivity contribution in [3.63, 3.8) is 0 Å². The molecule has 0 fully saturated rings. The molecule has 3 heteroatoms. The zero-order valence-electron chi connectivity index (χ0n) is 14.5. The number of rotatable bonds is 10. The summed E-state index contributed by atoms with van der Waals surface area (Å²) < 4.78 is 12.3. The third-order valence-corrected chi connectivity index (χ3v) is 6.32. The molecule has 0 aliphatic carbocycles. The fourth-order valence-corrected chi connectivity index (χ4v) is 4.47. The zero-order valence-corrected chi connectivity index (χ0v) is 15.7. The monoisotopic (exact) mass is 308 g/mol. The molecule has 0 saturated heterocycles. The molecule has 0 spiro atoms. The standard InChI is InChI=1S/C18H32O2Si/c1-6-9-13-19-21(20-14-10-7-2)18-12-11-17(8-3)15(4)16(18)5/h11-12,21H,6-10,13-14H2,1-5H3. The van der Waals surface area contributed by atoms with E-state index in [9.17, 15) is 0 Å². The van der Waals surface area contributed by atoms with E-state index in [1.54, 1.807) is 0 Å². The van der Waals surface area contributed by atoms with Crippen molar-refractivity contribution in [3.8, 4) is 0 Å². The van der Waals surface area contributed by atoms with Gasteiger partial charge in [0.25, 0.3) is 0 Å². The van der Waals surface area contributed by atoms with Crippen molar-refractivity contribution < 1.29 is 8.85 Å². The maximum atomic E-state index is 6.14. The first kappa shape index (κ1) is 18.4. The molecular formula is C18H32O2Si. The first-order valence-corrected chi connectivity index (χ1v) is 9.99. The predicted octanol–water partition coefficient (Wildman–Crippen LogP) is 3.93. The van der Waals surface area contributed by atoms with Crippen LogP contribution in [0.1, 0.15) is 63.1 Å². The average Bonchev–Trinajstić information content (AvgIpc) is 2.49. The molecule has 21 heavy (non-hydrogen) atoms. The Kier molecular flexibility index (Phi) is 8.89. The molecule has 0 N–H and O–H groups in total. The maximum absolute atomic E-state index is 6.14. The van der Waals surface area contributed by atoms with E-state index in [4.69, 9.17) is 8.85 Å². The molecule has 2 nitrogen and oxygen atoms in total. The number of benzene rings is 1. The summed E-state index contributed by atoms with van der Waals surface area (Å²) in [5, 5.41) is 1.33. The van der Waals surface area contributed by atoms with Crippen molar-refractivity contribution in [2.45, 2.75) is 66.7 Å². The molecular weight excluding hydrogens is 276 g/mol. The minimum absolute atomic E-state index is 0.827. The van der Waals surface area contributed by atoms with Gasteiger partial charge in [-0.05, 0) is 55.0 Å². The molecule has 0 atom stereocenters. The highest BCUT2D eigenvalue weighted by Gasteiger charge is 2.20. The van der Waals surface area contributed by atoms with E-state index in [0.717, 1.165) is 32.5 Å². The van der Waals surface area contributed by atoms with Gasteiger partial charge in [0.2, 0.25) is 0 Å². The first-order chi connectivity index (χ1) is 10.2. The second-order valence-electron chi connectivity index (χ2n) is 5.70. The van der Waals surface area contributed by atoms with Gasteiger partial charge >= 0.3 is 9.28 Å². The lowest BCUT2D eigenvalue weighted by Gasteiger charge is -2.21. The molecule has 0 bridgehead atoms. The Morgan fingerprint density at radius 1 is 0.857 bits per heavy atom. The molecule has 1 aromatic rings. The van der Waals surface area contributed by atoms with Crippen LogP contribution in [0.5, 0.6) is 0 Å². The predicted molar refractivity (Wildman–Crippen MR) is 93.8 cm³/mol. The summed E-state index contributed by atoms with van der Waals surface area (Å²) in [4.78, 5) is 0. The Labute approximate surface area is 132 Å². The largest absolute Gasteiger partial charge is 0.393 e. The lowest BCUT2D eigenvalue weighted by molar-refractivity contribution is 0.202. The smallest absolute Gasteiger partial charge is 0.356 e. The van der Waals surface area contributed by atoms with Crippen LogP contribution in [0.15, 0.2) is 12.1 Å². The van der Waals surface area contributed by atoms with Crippen LogP contribution in [-0.4, -0.2) is 22.5 Å². The van der Waals surface area contributed by atoms with Gasteiger partial charge in [-0.2, -0.15) is 0 Å². The Morgan fingerprint density at radius 2 is 1.43 bits per heavy atom. The van der Waals surface area contributed by atoms with Crippen molar-refractivity contribution in [2.24, 2.45) is 0 Å².